The molecule has 0 unspecified atom stereocenters. The lowest BCUT2D eigenvalue weighted by Crippen LogP contribution is -2.31. The van der Waals surface area contributed by atoms with Gasteiger partial charge in [0, 0.05) is 16.8 Å². The van der Waals surface area contributed by atoms with Crippen molar-refractivity contribution in [3.8, 4) is 5.75 Å². The van der Waals surface area contributed by atoms with Crippen LogP contribution in [-0.4, -0.2) is 25.3 Å². The van der Waals surface area contributed by atoms with Gasteiger partial charge in [-0.2, -0.15) is 5.10 Å². The Morgan fingerprint density at radius 1 is 1.13 bits per heavy atom. The average molecular weight is 311 g/mol. The van der Waals surface area contributed by atoms with Gasteiger partial charge < -0.3 is 10.4 Å². The second-order valence-corrected chi connectivity index (χ2v) is 5.42. The van der Waals surface area contributed by atoms with Gasteiger partial charge in [0.2, 0.25) is 0 Å². The van der Waals surface area contributed by atoms with Crippen molar-refractivity contribution >= 4 is 11.6 Å². The van der Waals surface area contributed by atoms with Crippen molar-refractivity contribution in [1.29, 1.82) is 0 Å². The zero-order chi connectivity index (χ0) is 16.1. The van der Waals surface area contributed by atoms with Crippen molar-refractivity contribution in [2.45, 2.75) is 12.8 Å². The number of nitrogens with one attached hydrogen (secondary N) is 4. The summed E-state index contributed by atoms with van der Waals surface area (Å²) in [5.74, 6) is 0.333. The van der Waals surface area contributed by atoms with E-state index in [2.05, 4.69) is 25.5 Å². The molecule has 0 saturated heterocycles. The number of aromatic amines is 3. The average Bonchev–Trinajstić information content (AvgIpc) is 2.87. The molecular formula is C15H13N5O3. The molecule has 0 aliphatic carbocycles. The van der Waals surface area contributed by atoms with Crippen molar-refractivity contribution in [3.63, 3.8) is 0 Å². The molecule has 5 N–H and O–H groups in total. The van der Waals surface area contributed by atoms with Crippen LogP contribution in [0.25, 0.3) is 0 Å². The number of H-pyrrole nitrogens is 3. The Kier molecular flexibility index (Phi) is 2.68. The molecule has 1 aliphatic rings. The lowest BCUT2D eigenvalue weighted by atomic mass is 9.83. The minimum Gasteiger partial charge on any atom is -0.508 e. The van der Waals surface area contributed by atoms with Gasteiger partial charge in [0.1, 0.15) is 11.6 Å². The number of hydrogen-bond acceptors (Lipinski definition) is 5. The lowest BCUT2D eigenvalue weighted by molar-refractivity contribution is 0.467. The standard InChI is InChI=1S/C15H13N5O3/c1-6-9-10(7-4-2-3-5-8(7)21)11-12(16-13(9)20-19-6)17-15(23)18-14(11)22/h2-5,10,21H,1H3,(H4,16,17,18,19,20,22,23)/t10-/m1/s1. The van der Waals surface area contributed by atoms with Crippen LogP contribution in [-0.2, 0) is 0 Å². The molecule has 3 heterocycles. The Hall–Kier alpha value is -3.29. The molecule has 8 heteroatoms. The van der Waals surface area contributed by atoms with Crippen LogP contribution in [0.4, 0.5) is 11.6 Å². The van der Waals surface area contributed by atoms with E-state index < -0.39 is 17.2 Å². The number of aryl methyl sites for hydroxylation is 1. The molecule has 1 atom stereocenters. The summed E-state index contributed by atoms with van der Waals surface area (Å²) in [6, 6.07) is 6.80. The first-order valence-electron chi connectivity index (χ1n) is 7.02. The van der Waals surface area contributed by atoms with E-state index in [0.717, 1.165) is 11.3 Å². The maximum Gasteiger partial charge on any atom is 0.327 e. The normalized spacial score (nSPS) is 15.6. The Morgan fingerprint density at radius 3 is 2.70 bits per heavy atom. The van der Waals surface area contributed by atoms with Crippen molar-refractivity contribution in [1.82, 2.24) is 20.2 Å². The Balaban J connectivity index is 2.09. The van der Waals surface area contributed by atoms with E-state index in [-0.39, 0.29) is 11.6 Å². The molecule has 3 aromatic rings. The lowest BCUT2D eigenvalue weighted by Gasteiger charge is -2.26. The third kappa shape index (κ3) is 1.88. The van der Waals surface area contributed by atoms with Crippen LogP contribution in [0.3, 0.4) is 0 Å². The number of aromatic hydroxyl groups is 1. The van der Waals surface area contributed by atoms with Crippen LogP contribution in [0.5, 0.6) is 5.75 Å². The van der Waals surface area contributed by atoms with E-state index in [4.69, 9.17) is 0 Å². The third-order valence-electron chi connectivity index (χ3n) is 4.04. The van der Waals surface area contributed by atoms with Crippen LogP contribution in [0.15, 0.2) is 33.9 Å². The number of nitrogens with zero attached hydrogens (tertiary/aromatic N) is 1. The van der Waals surface area contributed by atoms with Gasteiger partial charge in [-0.1, -0.05) is 18.2 Å². The van der Waals surface area contributed by atoms with Crippen LogP contribution < -0.4 is 16.6 Å². The van der Waals surface area contributed by atoms with E-state index in [1.54, 1.807) is 24.3 Å². The van der Waals surface area contributed by atoms with Crippen molar-refractivity contribution < 1.29 is 5.11 Å². The molecule has 4 rings (SSSR count). The monoisotopic (exact) mass is 311 g/mol. The maximum atomic E-state index is 12.4. The summed E-state index contributed by atoms with van der Waals surface area (Å²) in [6.45, 7) is 1.84. The number of para-hydroxylation sites is 1. The van der Waals surface area contributed by atoms with E-state index >= 15 is 0 Å². The summed E-state index contributed by atoms with van der Waals surface area (Å²) in [5.41, 5.74) is 1.33. The zero-order valence-corrected chi connectivity index (χ0v) is 12.1. The third-order valence-corrected chi connectivity index (χ3v) is 4.04. The van der Waals surface area contributed by atoms with Gasteiger partial charge in [-0.05, 0) is 13.0 Å². The fourth-order valence-corrected chi connectivity index (χ4v) is 3.06. The molecule has 0 amide bonds. The van der Waals surface area contributed by atoms with Crippen LogP contribution in [0, 0.1) is 6.92 Å². The Bertz CT molecular complexity index is 1030. The van der Waals surface area contributed by atoms with Gasteiger partial charge in [0.05, 0.1) is 11.5 Å². The van der Waals surface area contributed by atoms with Crippen LogP contribution in [0.1, 0.15) is 28.3 Å². The highest BCUT2D eigenvalue weighted by Crippen LogP contribution is 2.44. The SMILES string of the molecule is Cc1[nH]nc2c1[C@@H](c1ccccc1O)c1c([nH]c(=O)[nH]c1=O)N2. The van der Waals surface area contributed by atoms with Gasteiger partial charge in [-0.3, -0.25) is 19.9 Å². The number of hydrogen-bond donors (Lipinski definition) is 5. The van der Waals surface area contributed by atoms with Gasteiger partial charge in [0.15, 0.2) is 5.82 Å². The van der Waals surface area contributed by atoms with Crippen LogP contribution >= 0.6 is 0 Å². The number of phenols is 1. The summed E-state index contributed by atoms with van der Waals surface area (Å²) in [5, 5.41) is 20.3. The highest BCUT2D eigenvalue weighted by atomic mass is 16.3. The number of fused-ring (bicyclic) bond motifs is 2. The van der Waals surface area contributed by atoms with Gasteiger partial charge in [-0.25, -0.2) is 4.79 Å². The van der Waals surface area contributed by atoms with E-state index in [0.29, 0.717) is 16.9 Å². The quantitative estimate of drug-likeness (QED) is 0.359. The first-order chi connectivity index (χ1) is 11.1. The highest BCUT2D eigenvalue weighted by molar-refractivity contribution is 5.71. The van der Waals surface area contributed by atoms with Crippen molar-refractivity contribution in [2.24, 2.45) is 0 Å². The molecular weight excluding hydrogens is 298 g/mol. The molecule has 0 bridgehead atoms. The van der Waals surface area contributed by atoms with E-state index in [1.807, 2.05) is 6.92 Å². The molecule has 0 spiro atoms. The first-order valence-corrected chi connectivity index (χ1v) is 7.02. The van der Waals surface area contributed by atoms with Crippen LogP contribution in [0.2, 0.25) is 0 Å². The van der Waals surface area contributed by atoms with E-state index in [1.165, 1.54) is 0 Å². The maximum absolute atomic E-state index is 12.4. The fourth-order valence-electron chi connectivity index (χ4n) is 3.06. The van der Waals surface area contributed by atoms with Gasteiger partial charge in [0.25, 0.3) is 5.56 Å². The number of benzene rings is 1. The Labute approximate surface area is 129 Å². The molecule has 0 saturated carbocycles. The number of anilines is 2. The van der Waals surface area contributed by atoms with Crippen molar-refractivity contribution in [3.05, 3.63) is 67.5 Å². The molecule has 1 aromatic carbocycles. The zero-order valence-electron chi connectivity index (χ0n) is 12.1. The summed E-state index contributed by atoms with van der Waals surface area (Å²) in [7, 11) is 0. The van der Waals surface area contributed by atoms with Gasteiger partial charge in [-0.15, -0.1) is 0 Å². The number of aromatic nitrogens is 4. The van der Waals surface area contributed by atoms with Crippen molar-refractivity contribution in [2.75, 3.05) is 5.32 Å². The van der Waals surface area contributed by atoms with Gasteiger partial charge >= 0.3 is 5.69 Å². The summed E-state index contributed by atoms with van der Waals surface area (Å²) in [4.78, 5) is 28.8. The summed E-state index contributed by atoms with van der Waals surface area (Å²) in [6.07, 6.45) is 0. The molecule has 2 aromatic heterocycles. The second-order valence-electron chi connectivity index (χ2n) is 5.42. The molecule has 116 valence electrons. The summed E-state index contributed by atoms with van der Waals surface area (Å²) < 4.78 is 0. The fraction of sp³-hybridized carbons (Fsp3) is 0.133. The number of rotatable bonds is 1. The second kappa shape index (κ2) is 4.60. The predicted molar refractivity (Wildman–Crippen MR) is 83.3 cm³/mol. The predicted octanol–water partition coefficient (Wildman–Crippen LogP) is 1.04. The molecule has 23 heavy (non-hydrogen) atoms. The number of phenolic OH excluding ortho intramolecular Hbond substituents is 1. The Morgan fingerprint density at radius 2 is 1.91 bits per heavy atom. The molecule has 1 aliphatic heterocycles. The molecule has 0 radical (unpaired) electrons. The largest absolute Gasteiger partial charge is 0.508 e. The van der Waals surface area contributed by atoms with E-state index in [9.17, 15) is 14.7 Å². The minimum atomic E-state index is -0.604. The molecule has 0 fully saturated rings. The summed E-state index contributed by atoms with van der Waals surface area (Å²) >= 11 is 0. The first kappa shape index (κ1) is 13.4. The minimum absolute atomic E-state index is 0.0718. The topological polar surface area (TPSA) is 127 Å². The smallest absolute Gasteiger partial charge is 0.327 e. The molecule has 8 nitrogen and oxygen atoms in total. The highest BCUT2D eigenvalue weighted by Gasteiger charge is 2.35.